The van der Waals surface area contributed by atoms with Crippen LogP contribution in [0.15, 0.2) is 18.2 Å². The largest absolute Gasteiger partial charge is 0.376 e. The van der Waals surface area contributed by atoms with Crippen molar-refractivity contribution >= 4 is 23.2 Å². The van der Waals surface area contributed by atoms with Crippen LogP contribution in [0.25, 0.3) is 0 Å². The van der Waals surface area contributed by atoms with E-state index >= 15 is 0 Å². The number of nitrogens with one attached hydrogen (secondary N) is 1. The van der Waals surface area contributed by atoms with Gasteiger partial charge in [-0.3, -0.25) is 9.59 Å². The van der Waals surface area contributed by atoms with Crippen molar-refractivity contribution in [1.82, 2.24) is 4.90 Å². The Labute approximate surface area is 144 Å². The summed E-state index contributed by atoms with van der Waals surface area (Å²) in [5.74, 6) is 0.936. The number of carbonyl (C=O) groups is 2. The number of nitrogens with zero attached hydrogens (tertiary/aromatic N) is 2. The molecule has 0 saturated carbocycles. The van der Waals surface area contributed by atoms with E-state index in [1.54, 1.807) is 0 Å². The van der Waals surface area contributed by atoms with E-state index < -0.39 is 0 Å². The van der Waals surface area contributed by atoms with Crippen molar-refractivity contribution in [2.45, 2.75) is 39.5 Å². The first-order valence-corrected chi connectivity index (χ1v) is 8.98. The Balaban J connectivity index is 1.65. The van der Waals surface area contributed by atoms with Crippen molar-refractivity contribution in [2.75, 3.05) is 36.4 Å². The van der Waals surface area contributed by atoms with E-state index in [-0.39, 0.29) is 11.8 Å². The number of piperidine rings is 1. The first-order chi connectivity index (χ1) is 11.6. The van der Waals surface area contributed by atoms with E-state index in [1.807, 2.05) is 34.9 Å². The highest BCUT2D eigenvalue weighted by atomic mass is 16.2. The summed E-state index contributed by atoms with van der Waals surface area (Å²) < 4.78 is 0. The maximum absolute atomic E-state index is 12.4. The zero-order valence-electron chi connectivity index (χ0n) is 14.7. The highest BCUT2D eigenvalue weighted by Gasteiger charge is 2.24. The van der Waals surface area contributed by atoms with Gasteiger partial charge in [0.05, 0.1) is 6.54 Å². The molecule has 5 heteroatoms. The highest BCUT2D eigenvalue weighted by Crippen LogP contribution is 2.29. The van der Waals surface area contributed by atoms with Gasteiger partial charge in [0.1, 0.15) is 0 Å². The van der Waals surface area contributed by atoms with E-state index in [2.05, 4.69) is 12.2 Å². The molecule has 2 fully saturated rings. The smallest absolute Gasteiger partial charge is 0.241 e. The Kier molecular flexibility index (Phi) is 5.07. The molecule has 0 aliphatic carbocycles. The van der Waals surface area contributed by atoms with E-state index in [0.29, 0.717) is 18.9 Å². The zero-order valence-corrected chi connectivity index (χ0v) is 14.7. The molecule has 1 N–H and O–H groups in total. The molecule has 1 atom stereocenters. The summed E-state index contributed by atoms with van der Waals surface area (Å²) in [5, 5.41) is 3.27. The van der Waals surface area contributed by atoms with Gasteiger partial charge in [-0.15, -0.1) is 0 Å². The van der Waals surface area contributed by atoms with E-state index in [1.165, 1.54) is 6.42 Å². The molecule has 130 valence electrons. The van der Waals surface area contributed by atoms with Crippen molar-refractivity contribution in [2.24, 2.45) is 5.92 Å². The molecule has 0 radical (unpaired) electrons. The molecule has 5 nitrogen and oxygen atoms in total. The van der Waals surface area contributed by atoms with Crippen LogP contribution in [0, 0.1) is 12.8 Å². The van der Waals surface area contributed by atoms with Crippen LogP contribution in [0.5, 0.6) is 0 Å². The average Bonchev–Trinajstić information content (AvgIpc) is 2.99. The van der Waals surface area contributed by atoms with E-state index in [9.17, 15) is 9.59 Å². The Morgan fingerprint density at radius 1 is 1.29 bits per heavy atom. The lowest BCUT2D eigenvalue weighted by Gasteiger charge is -2.31. The van der Waals surface area contributed by atoms with Crippen LogP contribution in [0.1, 0.15) is 38.2 Å². The third-order valence-electron chi connectivity index (χ3n) is 5.11. The Morgan fingerprint density at radius 3 is 2.83 bits per heavy atom. The van der Waals surface area contributed by atoms with Gasteiger partial charge < -0.3 is 15.1 Å². The lowest BCUT2D eigenvalue weighted by Crippen LogP contribution is -2.42. The second-order valence-electron chi connectivity index (χ2n) is 7.04. The lowest BCUT2D eigenvalue weighted by atomic mass is 10.0. The topological polar surface area (TPSA) is 52.7 Å². The molecule has 2 saturated heterocycles. The number of hydrogen-bond donors (Lipinski definition) is 1. The predicted molar refractivity (Wildman–Crippen MR) is 96.2 cm³/mol. The van der Waals surface area contributed by atoms with Crippen molar-refractivity contribution < 1.29 is 9.59 Å². The fourth-order valence-corrected chi connectivity index (χ4v) is 3.71. The van der Waals surface area contributed by atoms with Gasteiger partial charge >= 0.3 is 0 Å². The Morgan fingerprint density at radius 2 is 2.12 bits per heavy atom. The van der Waals surface area contributed by atoms with Crippen LogP contribution in [0.4, 0.5) is 11.4 Å². The molecule has 2 aliphatic heterocycles. The summed E-state index contributed by atoms with van der Waals surface area (Å²) >= 11 is 0. The number of benzene rings is 1. The molecule has 2 amide bonds. The minimum absolute atomic E-state index is 0.156. The standard InChI is InChI=1S/C19H27N3O2/c1-14-6-4-10-21(13-14)19(24)12-20-16-7-3-8-17(15(16)2)22-11-5-9-18(22)23/h3,7-8,14,20H,4-6,9-13H2,1-2H3. The molecular weight excluding hydrogens is 302 g/mol. The summed E-state index contributed by atoms with van der Waals surface area (Å²) in [6, 6.07) is 5.91. The minimum Gasteiger partial charge on any atom is -0.376 e. The van der Waals surface area contributed by atoms with Gasteiger partial charge in [-0.25, -0.2) is 0 Å². The summed E-state index contributed by atoms with van der Waals surface area (Å²) in [5.41, 5.74) is 2.93. The Bertz CT molecular complexity index is 629. The molecule has 2 heterocycles. The first-order valence-electron chi connectivity index (χ1n) is 8.98. The SMILES string of the molecule is Cc1c(NCC(=O)N2CCCC(C)C2)cccc1N1CCCC1=O. The Hall–Kier alpha value is -2.04. The normalized spacial score (nSPS) is 21.2. The second kappa shape index (κ2) is 7.24. The lowest BCUT2D eigenvalue weighted by molar-refractivity contribution is -0.131. The van der Waals surface area contributed by atoms with E-state index in [0.717, 1.165) is 49.4 Å². The summed E-state index contributed by atoms with van der Waals surface area (Å²) in [4.78, 5) is 28.2. The monoisotopic (exact) mass is 329 g/mol. The molecule has 1 aromatic carbocycles. The molecule has 0 bridgehead atoms. The van der Waals surface area contributed by atoms with Gasteiger partial charge in [0.2, 0.25) is 11.8 Å². The molecule has 1 unspecified atom stereocenters. The van der Waals surface area contributed by atoms with Gasteiger partial charge in [-0.2, -0.15) is 0 Å². The fourth-order valence-electron chi connectivity index (χ4n) is 3.71. The van der Waals surface area contributed by atoms with Crippen molar-refractivity contribution in [3.8, 4) is 0 Å². The third-order valence-corrected chi connectivity index (χ3v) is 5.11. The molecule has 0 spiro atoms. The number of rotatable bonds is 4. The molecule has 2 aliphatic rings. The molecule has 3 rings (SSSR count). The molecular formula is C19H27N3O2. The fraction of sp³-hybridized carbons (Fsp3) is 0.579. The van der Waals surface area contributed by atoms with Gasteiger partial charge in [-0.1, -0.05) is 13.0 Å². The van der Waals surface area contributed by atoms with Crippen molar-refractivity contribution in [3.05, 3.63) is 23.8 Å². The molecule has 1 aromatic rings. The number of carbonyl (C=O) groups excluding carboxylic acids is 2. The highest BCUT2D eigenvalue weighted by molar-refractivity contribution is 5.97. The van der Waals surface area contributed by atoms with Crippen LogP contribution >= 0.6 is 0 Å². The van der Waals surface area contributed by atoms with Crippen LogP contribution in [0.3, 0.4) is 0 Å². The maximum atomic E-state index is 12.4. The molecule has 24 heavy (non-hydrogen) atoms. The van der Waals surface area contributed by atoms with Crippen LogP contribution in [0.2, 0.25) is 0 Å². The minimum atomic E-state index is 0.156. The number of hydrogen-bond acceptors (Lipinski definition) is 3. The second-order valence-corrected chi connectivity index (χ2v) is 7.04. The third kappa shape index (κ3) is 3.55. The quantitative estimate of drug-likeness (QED) is 0.924. The predicted octanol–water partition coefficient (Wildman–Crippen LogP) is 2.79. The first kappa shape index (κ1) is 16.8. The van der Waals surface area contributed by atoms with Gasteiger partial charge in [0.25, 0.3) is 0 Å². The van der Waals surface area contributed by atoms with Crippen LogP contribution < -0.4 is 10.2 Å². The maximum Gasteiger partial charge on any atom is 0.241 e. The summed E-state index contributed by atoms with van der Waals surface area (Å²) in [6.07, 6.45) is 3.85. The van der Waals surface area contributed by atoms with Gasteiger partial charge in [-0.05, 0) is 49.8 Å². The number of likely N-dealkylation sites (tertiary alicyclic amines) is 1. The number of anilines is 2. The molecule has 0 aromatic heterocycles. The van der Waals surface area contributed by atoms with Gasteiger partial charge in [0, 0.05) is 37.4 Å². The summed E-state index contributed by atoms with van der Waals surface area (Å²) in [7, 11) is 0. The van der Waals surface area contributed by atoms with Crippen LogP contribution in [-0.2, 0) is 9.59 Å². The van der Waals surface area contributed by atoms with Crippen LogP contribution in [-0.4, -0.2) is 42.9 Å². The van der Waals surface area contributed by atoms with E-state index in [4.69, 9.17) is 0 Å². The zero-order chi connectivity index (χ0) is 17.1. The van der Waals surface area contributed by atoms with Gasteiger partial charge in [0.15, 0.2) is 0 Å². The van der Waals surface area contributed by atoms with Crippen molar-refractivity contribution in [3.63, 3.8) is 0 Å². The van der Waals surface area contributed by atoms with Crippen molar-refractivity contribution in [1.29, 1.82) is 0 Å². The average molecular weight is 329 g/mol. The number of amides is 2. The summed E-state index contributed by atoms with van der Waals surface area (Å²) in [6.45, 7) is 7.04.